The van der Waals surface area contributed by atoms with E-state index in [1.54, 1.807) is 25.1 Å². The number of sulfonamides is 1. The van der Waals surface area contributed by atoms with Crippen molar-refractivity contribution in [2.45, 2.75) is 11.1 Å². The van der Waals surface area contributed by atoms with E-state index >= 15 is 0 Å². The van der Waals surface area contributed by atoms with Crippen molar-refractivity contribution in [1.82, 2.24) is 4.98 Å². The summed E-state index contributed by atoms with van der Waals surface area (Å²) in [6.45, 7) is 1.75. The van der Waals surface area contributed by atoms with Crippen molar-refractivity contribution in [2.24, 2.45) is 0 Å². The molecule has 0 saturated carbocycles. The van der Waals surface area contributed by atoms with E-state index in [4.69, 9.17) is 5.73 Å². The number of nitrogens with one attached hydrogen (secondary N) is 1. The summed E-state index contributed by atoms with van der Waals surface area (Å²) < 4.78 is 27.4. The summed E-state index contributed by atoms with van der Waals surface area (Å²) in [4.78, 5) is 3.93. The van der Waals surface area contributed by atoms with Gasteiger partial charge in [0.15, 0.2) is 4.21 Å². The van der Waals surface area contributed by atoms with Crippen LogP contribution in [0.3, 0.4) is 0 Å². The molecule has 0 radical (unpaired) electrons. The van der Waals surface area contributed by atoms with Crippen molar-refractivity contribution >= 4 is 48.7 Å². The number of hydrogen-bond acceptors (Lipinski definition) is 5. The zero-order chi connectivity index (χ0) is 13.3. The molecule has 0 atom stereocenters. The minimum absolute atomic E-state index is 0.184. The minimum atomic E-state index is -3.59. The van der Waals surface area contributed by atoms with Crippen LogP contribution >= 0.6 is 27.3 Å². The molecule has 0 aliphatic carbocycles. The lowest BCUT2D eigenvalue weighted by atomic mass is 10.3. The van der Waals surface area contributed by atoms with Crippen LogP contribution in [0.4, 0.5) is 11.4 Å². The average molecular weight is 348 g/mol. The van der Waals surface area contributed by atoms with E-state index in [1.165, 1.54) is 6.20 Å². The number of aromatic nitrogens is 1. The molecular weight excluding hydrogens is 338 g/mol. The average Bonchev–Trinajstić information content (AvgIpc) is 2.70. The van der Waals surface area contributed by atoms with Crippen molar-refractivity contribution in [2.75, 3.05) is 10.5 Å². The zero-order valence-corrected chi connectivity index (χ0v) is 12.6. The molecule has 2 aromatic rings. The summed E-state index contributed by atoms with van der Waals surface area (Å²) in [5.74, 6) is 0. The molecule has 0 spiro atoms. The Morgan fingerprint density at radius 1 is 1.44 bits per heavy atom. The maximum Gasteiger partial charge on any atom is 0.273 e. The molecule has 0 aliphatic heterocycles. The molecule has 5 nitrogen and oxygen atoms in total. The van der Waals surface area contributed by atoms with E-state index < -0.39 is 10.0 Å². The van der Waals surface area contributed by atoms with Crippen LogP contribution in [-0.4, -0.2) is 13.4 Å². The Kier molecular flexibility index (Phi) is 3.60. The molecule has 3 N–H and O–H groups in total. The molecule has 18 heavy (non-hydrogen) atoms. The van der Waals surface area contributed by atoms with Gasteiger partial charge in [0.1, 0.15) is 0 Å². The van der Waals surface area contributed by atoms with Gasteiger partial charge in [0.2, 0.25) is 0 Å². The first-order valence-electron chi connectivity index (χ1n) is 4.89. The molecule has 1 heterocycles. The van der Waals surface area contributed by atoms with E-state index in [0.717, 1.165) is 11.3 Å². The van der Waals surface area contributed by atoms with Crippen LogP contribution in [0.2, 0.25) is 0 Å². The Bertz CT molecular complexity index is 682. The van der Waals surface area contributed by atoms with Gasteiger partial charge in [-0.2, -0.15) is 0 Å². The number of nitrogen functional groups attached to an aromatic ring is 1. The summed E-state index contributed by atoms with van der Waals surface area (Å²) in [5, 5.41) is 0.701. The highest BCUT2D eigenvalue weighted by Crippen LogP contribution is 2.28. The molecule has 1 aromatic carbocycles. The topological polar surface area (TPSA) is 85.1 Å². The van der Waals surface area contributed by atoms with Gasteiger partial charge in [-0.25, -0.2) is 13.4 Å². The van der Waals surface area contributed by atoms with Gasteiger partial charge in [-0.15, -0.1) is 11.3 Å². The fraction of sp³-hybridized carbons (Fsp3) is 0.100. The van der Waals surface area contributed by atoms with Crippen molar-refractivity contribution in [3.8, 4) is 0 Å². The van der Waals surface area contributed by atoms with Gasteiger partial charge in [-0.1, -0.05) is 0 Å². The lowest BCUT2D eigenvalue weighted by Gasteiger charge is -2.08. The van der Waals surface area contributed by atoms with Gasteiger partial charge >= 0.3 is 0 Å². The highest BCUT2D eigenvalue weighted by Gasteiger charge is 2.18. The van der Waals surface area contributed by atoms with Gasteiger partial charge in [0, 0.05) is 10.2 Å². The number of rotatable bonds is 3. The smallest absolute Gasteiger partial charge is 0.273 e. The fourth-order valence-corrected chi connectivity index (χ4v) is 4.09. The molecule has 96 valence electrons. The van der Waals surface area contributed by atoms with Crippen molar-refractivity contribution in [3.63, 3.8) is 0 Å². The SMILES string of the molecule is Cc1ncc(S(=O)(=O)Nc2ccc(N)cc2Br)s1. The Hall–Kier alpha value is -1.12. The number of halogens is 1. The Morgan fingerprint density at radius 3 is 2.72 bits per heavy atom. The largest absolute Gasteiger partial charge is 0.399 e. The molecule has 0 fully saturated rings. The van der Waals surface area contributed by atoms with Crippen LogP contribution in [0.15, 0.2) is 33.1 Å². The van der Waals surface area contributed by atoms with Gasteiger partial charge in [-0.3, -0.25) is 4.72 Å². The standard InChI is InChI=1S/C10H10BrN3O2S2/c1-6-13-5-10(17-6)18(15,16)14-9-3-2-7(12)4-8(9)11/h2-5,14H,12H2,1H3. The van der Waals surface area contributed by atoms with Crippen LogP contribution < -0.4 is 10.5 Å². The lowest BCUT2D eigenvalue weighted by Crippen LogP contribution is -2.12. The summed E-state index contributed by atoms with van der Waals surface area (Å²) in [6.07, 6.45) is 1.34. The molecule has 0 saturated heterocycles. The summed E-state index contributed by atoms with van der Waals surface area (Å²) in [5.41, 5.74) is 6.58. The molecule has 1 aromatic heterocycles. The number of thiazole rings is 1. The van der Waals surface area contributed by atoms with Crippen LogP contribution in [-0.2, 0) is 10.0 Å². The number of nitrogens with two attached hydrogens (primary N) is 1. The molecular formula is C10H10BrN3O2S2. The first-order chi connectivity index (χ1) is 8.38. The zero-order valence-electron chi connectivity index (χ0n) is 9.34. The van der Waals surface area contributed by atoms with E-state index in [0.29, 0.717) is 20.9 Å². The van der Waals surface area contributed by atoms with Crippen LogP contribution in [0, 0.1) is 6.92 Å². The van der Waals surface area contributed by atoms with Gasteiger partial charge in [-0.05, 0) is 41.1 Å². The lowest BCUT2D eigenvalue weighted by molar-refractivity contribution is 0.603. The van der Waals surface area contributed by atoms with Crippen molar-refractivity contribution in [3.05, 3.63) is 33.9 Å². The summed E-state index contributed by atoms with van der Waals surface area (Å²) in [6, 6.07) is 4.86. The van der Waals surface area contributed by atoms with E-state index in [1.807, 2.05) is 0 Å². The Morgan fingerprint density at radius 2 is 2.17 bits per heavy atom. The fourth-order valence-electron chi connectivity index (χ4n) is 1.28. The number of benzene rings is 1. The van der Waals surface area contributed by atoms with Crippen LogP contribution in [0.25, 0.3) is 0 Å². The molecule has 0 amide bonds. The third-order valence-electron chi connectivity index (χ3n) is 2.10. The summed E-state index contributed by atoms with van der Waals surface area (Å²) in [7, 11) is -3.59. The first kappa shape index (κ1) is 13.3. The van der Waals surface area contributed by atoms with E-state index in [-0.39, 0.29) is 4.21 Å². The second kappa shape index (κ2) is 4.87. The number of nitrogens with zero attached hydrogens (tertiary/aromatic N) is 1. The van der Waals surface area contributed by atoms with Crippen LogP contribution in [0.5, 0.6) is 0 Å². The second-order valence-corrected chi connectivity index (χ2v) is 7.54. The molecule has 0 aliphatic rings. The van der Waals surface area contributed by atoms with E-state index in [2.05, 4.69) is 25.6 Å². The quantitative estimate of drug-likeness (QED) is 0.835. The van der Waals surface area contributed by atoms with Gasteiger partial charge < -0.3 is 5.73 Å². The summed E-state index contributed by atoms with van der Waals surface area (Å²) >= 11 is 4.38. The normalized spacial score (nSPS) is 11.4. The highest BCUT2D eigenvalue weighted by atomic mass is 79.9. The van der Waals surface area contributed by atoms with Crippen molar-refractivity contribution < 1.29 is 8.42 Å². The Balaban J connectivity index is 2.33. The Labute approximate surface area is 117 Å². The maximum atomic E-state index is 12.1. The van der Waals surface area contributed by atoms with Gasteiger partial charge in [0.25, 0.3) is 10.0 Å². The van der Waals surface area contributed by atoms with Crippen LogP contribution in [0.1, 0.15) is 5.01 Å². The third-order valence-corrected chi connectivity index (χ3v) is 5.50. The first-order valence-corrected chi connectivity index (χ1v) is 7.98. The maximum absolute atomic E-state index is 12.1. The molecule has 2 rings (SSSR count). The number of anilines is 2. The molecule has 8 heteroatoms. The highest BCUT2D eigenvalue weighted by molar-refractivity contribution is 9.10. The number of aryl methyl sites for hydroxylation is 1. The van der Waals surface area contributed by atoms with E-state index in [9.17, 15) is 8.42 Å². The third kappa shape index (κ3) is 2.82. The molecule has 0 bridgehead atoms. The monoisotopic (exact) mass is 347 g/mol. The van der Waals surface area contributed by atoms with Crippen molar-refractivity contribution in [1.29, 1.82) is 0 Å². The van der Waals surface area contributed by atoms with Gasteiger partial charge in [0.05, 0.1) is 16.9 Å². The molecule has 0 unspecified atom stereocenters. The minimum Gasteiger partial charge on any atom is -0.399 e. The number of hydrogen-bond donors (Lipinski definition) is 2. The predicted molar refractivity (Wildman–Crippen MR) is 76.2 cm³/mol. The second-order valence-electron chi connectivity index (χ2n) is 3.54. The predicted octanol–water partition coefficient (Wildman–Crippen LogP) is 2.60.